The summed E-state index contributed by atoms with van der Waals surface area (Å²) in [7, 11) is 0. The molecule has 0 spiro atoms. The molecule has 0 aliphatic heterocycles. The SMILES string of the molecule is CCCn1nccc1C(NCC)c1cnn2ccccc12. The van der Waals surface area contributed by atoms with Gasteiger partial charge in [-0.3, -0.25) is 4.68 Å². The van der Waals surface area contributed by atoms with E-state index in [0.29, 0.717) is 0 Å². The second-order valence-corrected chi connectivity index (χ2v) is 5.10. The maximum absolute atomic E-state index is 4.45. The second kappa shape index (κ2) is 6.10. The molecule has 3 heterocycles. The van der Waals surface area contributed by atoms with Crippen LogP contribution < -0.4 is 5.32 Å². The van der Waals surface area contributed by atoms with Crippen LogP contribution in [0.3, 0.4) is 0 Å². The van der Waals surface area contributed by atoms with Gasteiger partial charge in [-0.25, -0.2) is 4.52 Å². The van der Waals surface area contributed by atoms with Crippen LogP contribution in [-0.2, 0) is 6.54 Å². The predicted molar refractivity (Wildman–Crippen MR) is 83.2 cm³/mol. The molecule has 0 aliphatic carbocycles. The Labute approximate surface area is 124 Å². The topological polar surface area (TPSA) is 47.2 Å². The largest absolute Gasteiger partial charge is 0.305 e. The van der Waals surface area contributed by atoms with Gasteiger partial charge in [0.1, 0.15) is 0 Å². The van der Waals surface area contributed by atoms with Crippen molar-refractivity contribution in [3.63, 3.8) is 0 Å². The Balaban J connectivity index is 2.07. The van der Waals surface area contributed by atoms with Crippen molar-refractivity contribution in [2.24, 2.45) is 0 Å². The zero-order chi connectivity index (χ0) is 14.7. The third-order valence-corrected chi connectivity index (χ3v) is 3.66. The lowest BCUT2D eigenvalue weighted by Crippen LogP contribution is -2.25. The van der Waals surface area contributed by atoms with Gasteiger partial charge in [0.2, 0.25) is 0 Å². The zero-order valence-corrected chi connectivity index (χ0v) is 12.5. The first-order valence-electron chi connectivity index (χ1n) is 7.52. The summed E-state index contributed by atoms with van der Waals surface area (Å²) in [5.74, 6) is 0. The van der Waals surface area contributed by atoms with Crippen molar-refractivity contribution in [3.05, 3.63) is 54.1 Å². The van der Waals surface area contributed by atoms with E-state index in [1.54, 1.807) is 0 Å². The molecule has 21 heavy (non-hydrogen) atoms. The molecule has 0 saturated heterocycles. The quantitative estimate of drug-likeness (QED) is 0.756. The molecule has 0 aromatic carbocycles. The lowest BCUT2D eigenvalue weighted by Gasteiger charge is -2.18. The summed E-state index contributed by atoms with van der Waals surface area (Å²) < 4.78 is 4.00. The molecule has 5 nitrogen and oxygen atoms in total. The molecule has 1 unspecified atom stereocenters. The van der Waals surface area contributed by atoms with E-state index in [0.717, 1.165) is 25.0 Å². The van der Waals surface area contributed by atoms with Gasteiger partial charge in [-0.1, -0.05) is 19.9 Å². The molecular formula is C16H21N5. The first-order chi connectivity index (χ1) is 10.3. The summed E-state index contributed by atoms with van der Waals surface area (Å²) in [5.41, 5.74) is 3.51. The van der Waals surface area contributed by atoms with Gasteiger partial charge in [0.15, 0.2) is 0 Å². The minimum Gasteiger partial charge on any atom is -0.305 e. The predicted octanol–water partition coefficient (Wildman–Crippen LogP) is 2.64. The Morgan fingerprint density at radius 1 is 1.19 bits per heavy atom. The third kappa shape index (κ3) is 2.56. The minimum absolute atomic E-state index is 0.115. The third-order valence-electron chi connectivity index (χ3n) is 3.66. The van der Waals surface area contributed by atoms with Crippen LogP contribution in [0.2, 0.25) is 0 Å². The van der Waals surface area contributed by atoms with Crippen molar-refractivity contribution in [1.29, 1.82) is 0 Å². The molecule has 3 aromatic rings. The van der Waals surface area contributed by atoms with E-state index in [1.165, 1.54) is 11.3 Å². The standard InChI is InChI=1S/C16H21N5/c1-3-10-20-15(8-9-18-20)16(17-4-2)13-12-19-21-11-6-5-7-14(13)21/h5-9,11-12,16-17H,3-4,10H2,1-2H3. The maximum atomic E-state index is 4.45. The van der Waals surface area contributed by atoms with Crippen LogP contribution in [0, 0.1) is 0 Å². The molecule has 0 amide bonds. The monoisotopic (exact) mass is 283 g/mol. The van der Waals surface area contributed by atoms with Crippen molar-refractivity contribution < 1.29 is 0 Å². The smallest absolute Gasteiger partial charge is 0.0785 e. The highest BCUT2D eigenvalue weighted by Gasteiger charge is 2.20. The molecule has 1 N–H and O–H groups in total. The molecule has 0 fully saturated rings. The molecule has 0 aliphatic rings. The van der Waals surface area contributed by atoms with Crippen LogP contribution in [0.4, 0.5) is 0 Å². The minimum atomic E-state index is 0.115. The number of aromatic nitrogens is 4. The highest BCUT2D eigenvalue weighted by molar-refractivity contribution is 5.56. The fraction of sp³-hybridized carbons (Fsp3) is 0.375. The molecule has 1 atom stereocenters. The van der Waals surface area contributed by atoms with Gasteiger partial charge in [-0.2, -0.15) is 10.2 Å². The fourth-order valence-electron chi connectivity index (χ4n) is 2.74. The van der Waals surface area contributed by atoms with Gasteiger partial charge in [-0.15, -0.1) is 0 Å². The van der Waals surface area contributed by atoms with E-state index in [1.807, 2.05) is 35.2 Å². The molecule has 3 rings (SSSR count). The van der Waals surface area contributed by atoms with E-state index in [-0.39, 0.29) is 6.04 Å². The van der Waals surface area contributed by atoms with E-state index in [9.17, 15) is 0 Å². The average Bonchev–Trinajstić information content (AvgIpc) is 3.12. The number of aryl methyl sites for hydroxylation is 1. The highest BCUT2D eigenvalue weighted by atomic mass is 15.3. The Hall–Kier alpha value is -2.14. The van der Waals surface area contributed by atoms with E-state index in [4.69, 9.17) is 0 Å². The Morgan fingerprint density at radius 3 is 2.90 bits per heavy atom. The molecule has 3 aromatic heterocycles. The maximum Gasteiger partial charge on any atom is 0.0785 e. The van der Waals surface area contributed by atoms with Crippen molar-refractivity contribution in [1.82, 2.24) is 24.7 Å². The molecule has 5 heteroatoms. The van der Waals surface area contributed by atoms with Crippen molar-refractivity contribution in [3.8, 4) is 0 Å². The van der Waals surface area contributed by atoms with Crippen LogP contribution in [0.15, 0.2) is 42.9 Å². The summed E-state index contributed by atoms with van der Waals surface area (Å²) in [6.07, 6.45) is 6.88. The van der Waals surface area contributed by atoms with Crippen molar-refractivity contribution >= 4 is 5.52 Å². The fourth-order valence-corrected chi connectivity index (χ4v) is 2.74. The molecule has 0 saturated carbocycles. The number of pyridine rings is 1. The van der Waals surface area contributed by atoms with Gasteiger partial charge in [0, 0.05) is 24.5 Å². The van der Waals surface area contributed by atoms with Crippen molar-refractivity contribution in [2.45, 2.75) is 32.9 Å². The van der Waals surface area contributed by atoms with Crippen LogP contribution >= 0.6 is 0 Å². The first-order valence-corrected chi connectivity index (χ1v) is 7.52. The molecule has 0 bridgehead atoms. The van der Waals surface area contributed by atoms with Crippen molar-refractivity contribution in [2.75, 3.05) is 6.54 Å². The lowest BCUT2D eigenvalue weighted by molar-refractivity contribution is 0.522. The van der Waals surface area contributed by atoms with Gasteiger partial charge in [0.05, 0.1) is 23.4 Å². The molecule has 0 radical (unpaired) electrons. The van der Waals surface area contributed by atoms with Gasteiger partial charge < -0.3 is 5.32 Å². The summed E-state index contributed by atoms with van der Waals surface area (Å²) in [4.78, 5) is 0. The van der Waals surface area contributed by atoms with Crippen LogP contribution in [0.1, 0.15) is 37.6 Å². The number of nitrogens with one attached hydrogen (secondary N) is 1. The second-order valence-electron chi connectivity index (χ2n) is 5.10. The van der Waals surface area contributed by atoms with Crippen LogP contribution in [0.5, 0.6) is 0 Å². The van der Waals surface area contributed by atoms with E-state index < -0.39 is 0 Å². The number of fused-ring (bicyclic) bond motifs is 1. The van der Waals surface area contributed by atoms with Gasteiger partial charge in [-0.05, 0) is 31.2 Å². The highest BCUT2D eigenvalue weighted by Crippen LogP contribution is 2.25. The Kier molecular flexibility index (Phi) is 4.01. The van der Waals surface area contributed by atoms with E-state index in [2.05, 4.69) is 46.2 Å². The van der Waals surface area contributed by atoms with Gasteiger partial charge >= 0.3 is 0 Å². The average molecular weight is 283 g/mol. The normalized spacial score (nSPS) is 12.9. The summed E-state index contributed by atoms with van der Waals surface area (Å²) >= 11 is 0. The van der Waals surface area contributed by atoms with Crippen LogP contribution in [0.25, 0.3) is 5.52 Å². The molecular weight excluding hydrogens is 262 g/mol. The Bertz CT molecular complexity index is 712. The number of rotatable bonds is 6. The summed E-state index contributed by atoms with van der Waals surface area (Å²) in [6, 6.07) is 8.35. The Morgan fingerprint density at radius 2 is 2.10 bits per heavy atom. The lowest BCUT2D eigenvalue weighted by atomic mass is 10.1. The zero-order valence-electron chi connectivity index (χ0n) is 12.5. The van der Waals surface area contributed by atoms with Crippen LogP contribution in [-0.4, -0.2) is 25.9 Å². The number of nitrogens with zero attached hydrogens (tertiary/aromatic N) is 4. The molecule has 110 valence electrons. The van der Waals surface area contributed by atoms with Gasteiger partial charge in [0.25, 0.3) is 0 Å². The number of hydrogen-bond donors (Lipinski definition) is 1. The first kappa shape index (κ1) is 13.8. The number of hydrogen-bond acceptors (Lipinski definition) is 3. The van der Waals surface area contributed by atoms with E-state index >= 15 is 0 Å². The summed E-state index contributed by atoms with van der Waals surface area (Å²) in [6.45, 7) is 6.12. The summed E-state index contributed by atoms with van der Waals surface area (Å²) in [5, 5.41) is 12.5.